The maximum atomic E-state index is 13.3. The van der Waals surface area contributed by atoms with Crippen molar-refractivity contribution in [3.05, 3.63) is 132 Å². The number of fused-ring (bicyclic) bond motifs is 1. The van der Waals surface area contributed by atoms with Gasteiger partial charge in [-0.05, 0) is 64.8 Å². The predicted molar refractivity (Wildman–Crippen MR) is 171 cm³/mol. The number of ether oxygens (including phenoxy) is 1. The van der Waals surface area contributed by atoms with Gasteiger partial charge in [0.1, 0.15) is 12.3 Å². The maximum Gasteiger partial charge on any atom is 0.410 e. The molecule has 1 aromatic heterocycles. The standard InChI is InChI=1S/C37H37N3O3/c1-26(33-14-8-12-31-11-6-7-13-34(31)33)38-36(41)35-23-32(24-39(35)2)29-17-15-28(16-18-29)30-19-21-40(22-20-30)37(42)43-25-27-9-4-3-5-10-27/h3-18,23-24,26,30H,19-22,25H2,1-2H3,(H,38,41)/t26-/m1/s1. The second-order valence-electron chi connectivity index (χ2n) is 11.4. The van der Waals surface area contributed by atoms with Crippen molar-refractivity contribution in [3.63, 3.8) is 0 Å². The number of nitrogens with one attached hydrogen (secondary N) is 1. The Hall–Kier alpha value is -4.84. The van der Waals surface area contributed by atoms with Crippen LogP contribution in [-0.4, -0.2) is 34.6 Å². The first-order valence-corrected chi connectivity index (χ1v) is 15.0. The number of likely N-dealkylation sites (tertiary alicyclic amines) is 1. The van der Waals surface area contributed by atoms with Crippen molar-refractivity contribution in [3.8, 4) is 11.1 Å². The van der Waals surface area contributed by atoms with Crippen molar-refractivity contribution in [1.82, 2.24) is 14.8 Å². The first-order chi connectivity index (χ1) is 21.0. The van der Waals surface area contributed by atoms with Crippen LogP contribution in [0.4, 0.5) is 4.79 Å². The Morgan fingerprint density at radius 1 is 0.860 bits per heavy atom. The number of nitrogens with zero attached hydrogens (tertiary/aromatic N) is 2. The fourth-order valence-corrected chi connectivity index (χ4v) is 6.08. The number of amides is 2. The molecule has 1 atom stereocenters. The zero-order valence-electron chi connectivity index (χ0n) is 24.7. The lowest BCUT2D eigenvalue weighted by molar-refractivity contribution is 0.0869. The number of carbonyl (C=O) groups is 2. The molecule has 0 unspecified atom stereocenters. The molecule has 0 radical (unpaired) electrons. The van der Waals surface area contributed by atoms with Crippen LogP contribution in [0.3, 0.4) is 0 Å². The van der Waals surface area contributed by atoms with E-state index in [1.807, 2.05) is 84.2 Å². The predicted octanol–water partition coefficient (Wildman–Crippen LogP) is 7.85. The van der Waals surface area contributed by atoms with Crippen LogP contribution >= 0.6 is 0 Å². The van der Waals surface area contributed by atoms with Crippen molar-refractivity contribution in [2.24, 2.45) is 7.05 Å². The van der Waals surface area contributed by atoms with Gasteiger partial charge < -0.3 is 19.5 Å². The van der Waals surface area contributed by atoms with Gasteiger partial charge in [-0.2, -0.15) is 0 Å². The molecule has 0 aliphatic carbocycles. The fourth-order valence-electron chi connectivity index (χ4n) is 6.08. The number of rotatable bonds is 7. The Bertz CT molecular complexity index is 1710. The van der Waals surface area contributed by atoms with Crippen molar-refractivity contribution >= 4 is 22.8 Å². The molecule has 2 heterocycles. The van der Waals surface area contributed by atoms with Crippen molar-refractivity contribution in [2.75, 3.05) is 13.1 Å². The average Bonchev–Trinajstić information content (AvgIpc) is 3.45. The van der Waals surface area contributed by atoms with Gasteiger partial charge in [0, 0.05) is 31.9 Å². The van der Waals surface area contributed by atoms with Gasteiger partial charge in [0.2, 0.25) is 0 Å². The van der Waals surface area contributed by atoms with Gasteiger partial charge in [-0.25, -0.2) is 4.79 Å². The largest absolute Gasteiger partial charge is 0.445 e. The van der Waals surface area contributed by atoms with Crippen molar-refractivity contribution in [2.45, 2.75) is 38.3 Å². The highest BCUT2D eigenvalue weighted by Gasteiger charge is 2.25. The summed E-state index contributed by atoms with van der Waals surface area (Å²) in [5.41, 5.74) is 6.07. The van der Waals surface area contributed by atoms with Gasteiger partial charge in [0.25, 0.3) is 5.91 Å². The van der Waals surface area contributed by atoms with E-state index in [9.17, 15) is 9.59 Å². The molecular weight excluding hydrogens is 534 g/mol. The summed E-state index contributed by atoms with van der Waals surface area (Å²) in [5, 5.41) is 5.51. The molecule has 218 valence electrons. The van der Waals surface area contributed by atoms with Crippen LogP contribution in [0.5, 0.6) is 0 Å². The monoisotopic (exact) mass is 571 g/mol. The summed E-state index contributed by atoms with van der Waals surface area (Å²) in [4.78, 5) is 27.7. The van der Waals surface area contributed by atoms with Crippen molar-refractivity contribution in [1.29, 1.82) is 0 Å². The molecule has 6 rings (SSSR count). The van der Waals surface area contributed by atoms with Gasteiger partial charge in [-0.15, -0.1) is 0 Å². The van der Waals surface area contributed by atoms with Gasteiger partial charge in [0.15, 0.2) is 0 Å². The quantitative estimate of drug-likeness (QED) is 0.216. The molecule has 1 saturated heterocycles. The Morgan fingerprint density at radius 3 is 2.33 bits per heavy atom. The number of hydrogen-bond donors (Lipinski definition) is 1. The number of benzene rings is 4. The third-order valence-electron chi connectivity index (χ3n) is 8.55. The number of carbonyl (C=O) groups excluding carboxylic acids is 2. The zero-order valence-corrected chi connectivity index (χ0v) is 24.7. The first kappa shape index (κ1) is 28.3. The molecule has 1 N–H and O–H groups in total. The molecule has 5 aromatic rings. The van der Waals surface area contributed by atoms with E-state index in [2.05, 4.69) is 53.8 Å². The van der Waals surface area contributed by atoms with Crippen LogP contribution in [0, 0.1) is 0 Å². The summed E-state index contributed by atoms with van der Waals surface area (Å²) in [5.74, 6) is 0.305. The molecule has 43 heavy (non-hydrogen) atoms. The van der Waals surface area contributed by atoms with Crippen LogP contribution < -0.4 is 5.32 Å². The van der Waals surface area contributed by atoms with Crippen LogP contribution in [0.2, 0.25) is 0 Å². The highest BCUT2D eigenvalue weighted by molar-refractivity contribution is 5.95. The summed E-state index contributed by atoms with van der Waals surface area (Å²) in [6.07, 6.45) is 3.58. The summed E-state index contributed by atoms with van der Waals surface area (Å²) in [6.45, 7) is 3.70. The zero-order chi connectivity index (χ0) is 29.8. The number of aryl methyl sites for hydroxylation is 1. The number of piperidine rings is 1. The molecule has 1 fully saturated rings. The van der Waals surface area contributed by atoms with E-state index in [1.54, 1.807) is 0 Å². The van der Waals surface area contributed by atoms with E-state index in [0.717, 1.165) is 45.9 Å². The number of aromatic nitrogens is 1. The molecule has 1 aliphatic heterocycles. The molecule has 0 saturated carbocycles. The van der Waals surface area contributed by atoms with E-state index < -0.39 is 0 Å². The van der Waals surface area contributed by atoms with Crippen LogP contribution in [0.25, 0.3) is 21.9 Å². The summed E-state index contributed by atoms with van der Waals surface area (Å²) < 4.78 is 7.41. The lowest BCUT2D eigenvalue weighted by Crippen LogP contribution is -2.38. The normalized spacial score (nSPS) is 14.4. The minimum Gasteiger partial charge on any atom is -0.445 e. The smallest absolute Gasteiger partial charge is 0.410 e. The molecule has 2 amide bonds. The maximum absolute atomic E-state index is 13.3. The molecule has 0 bridgehead atoms. The molecular formula is C37H37N3O3. The van der Waals surface area contributed by atoms with E-state index in [0.29, 0.717) is 31.3 Å². The van der Waals surface area contributed by atoms with Gasteiger partial charge >= 0.3 is 6.09 Å². The minimum atomic E-state index is -0.243. The van der Waals surface area contributed by atoms with Gasteiger partial charge in [-0.3, -0.25) is 4.79 Å². The average molecular weight is 572 g/mol. The summed E-state index contributed by atoms with van der Waals surface area (Å²) in [6, 6.07) is 34.7. The fraction of sp³-hybridized carbons (Fsp3) is 0.243. The molecule has 4 aromatic carbocycles. The Morgan fingerprint density at radius 2 is 1.56 bits per heavy atom. The second kappa shape index (κ2) is 12.6. The SMILES string of the molecule is C[C@@H](NC(=O)c1cc(-c2ccc(C3CCN(C(=O)OCc4ccccc4)CC3)cc2)cn1C)c1cccc2ccccc12. The highest BCUT2D eigenvalue weighted by Crippen LogP contribution is 2.31. The summed E-state index contributed by atoms with van der Waals surface area (Å²) in [7, 11) is 1.91. The summed E-state index contributed by atoms with van der Waals surface area (Å²) >= 11 is 0. The third-order valence-corrected chi connectivity index (χ3v) is 8.55. The van der Waals surface area contributed by atoms with Crippen LogP contribution in [-0.2, 0) is 18.4 Å². The highest BCUT2D eigenvalue weighted by atomic mass is 16.6. The van der Waals surface area contributed by atoms with E-state index in [-0.39, 0.29) is 18.0 Å². The topological polar surface area (TPSA) is 63.6 Å². The minimum absolute atomic E-state index is 0.0974. The lowest BCUT2D eigenvalue weighted by atomic mass is 9.89. The third kappa shape index (κ3) is 6.33. The Balaban J connectivity index is 1.05. The second-order valence-corrected chi connectivity index (χ2v) is 11.4. The van der Waals surface area contributed by atoms with Gasteiger partial charge in [0.05, 0.1) is 6.04 Å². The van der Waals surface area contributed by atoms with E-state index >= 15 is 0 Å². The van der Waals surface area contributed by atoms with Gasteiger partial charge in [-0.1, -0.05) is 97.1 Å². The van der Waals surface area contributed by atoms with Crippen LogP contribution in [0.15, 0.2) is 109 Å². The lowest BCUT2D eigenvalue weighted by Gasteiger charge is -2.31. The Labute approximate surface area is 252 Å². The first-order valence-electron chi connectivity index (χ1n) is 15.0. The Kier molecular flexibility index (Phi) is 8.27. The molecule has 0 spiro atoms. The van der Waals surface area contributed by atoms with Crippen molar-refractivity contribution < 1.29 is 14.3 Å². The van der Waals surface area contributed by atoms with E-state index in [1.165, 1.54) is 5.56 Å². The number of hydrogen-bond acceptors (Lipinski definition) is 3. The van der Waals surface area contributed by atoms with Crippen LogP contribution in [0.1, 0.15) is 58.9 Å². The molecule has 6 nitrogen and oxygen atoms in total. The molecule has 1 aliphatic rings. The van der Waals surface area contributed by atoms with E-state index in [4.69, 9.17) is 4.74 Å². The molecule has 6 heteroatoms.